The molecule has 0 saturated carbocycles. The third-order valence-corrected chi connectivity index (χ3v) is 7.02. The molecule has 0 aliphatic carbocycles. The summed E-state index contributed by atoms with van der Waals surface area (Å²) in [7, 11) is 0. The van der Waals surface area contributed by atoms with Gasteiger partial charge in [0, 0.05) is 25.6 Å². The van der Waals surface area contributed by atoms with Crippen LogP contribution in [0.1, 0.15) is 50.5 Å². The van der Waals surface area contributed by atoms with Gasteiger partial charge in [0.1, 0.15) is 0 Å². The lowest BCUT2D eigenvalue weighted by atomic mass is 9.93. The number of ether oxygens (including phenoxy) is 1. The van der Waals surface area contributed by atoms with Crippen molar-refractivity contribution in [3.8, 4) is 11.1 Å². The van der Waals surface area contributed by atoms with E-state index in [9.17, 15) is 9.90 Å². The summed E-state index contributed by atoms with van der Waals surface area (Å²) in [5.41, 5.74) is 5.41. The van der Waals surface area contributed by atoms with E-state index in [1.165, 1.54) is 23.3 Å². The number of rotatable bonds is 12. The summed E-state index contributed by atoms with van der Waals surface area (Å²) < 4.78 is 6.13. The number of aliphatic hydroxyl groups is 1. The van der Waals surface area contributed by atoms with Crippen LogP contribution in [0.3, 0.4) is 0 Å². The maximum Gasteiger partial charge on any atom is 0.217 e. The van der Waals surface area contributed by atoms with E-state index >= 15 is 0 Å². The van der Waals surface area contributed by atoms with Crippen molar-refractivity contribution >= 4 is 16.7 Å². The molecule has 204 valence electrons. The predicted octanol–water partition coefficient (Wildman–Crippen LogP) is 6.19. The highest BCUT2D eigenvalue weighted by molar-refractivity contribution is 5.83. The molecule has 4 aromatic carbocycles. The highest BCUT2D eigenvalue weighted by atomic mass is 16.5. The number of carbonyl (C=O) groups excluding carboxylic acids is 1. The van der Waals surface area contributed by atoms with Gasteiger partial charge in [-0.3, -0.25) is 4.79 Å². The lowest BCUT2D eigenvalue weighted by Gasteiger charge is -2.28. The van der Waals surface area contributed by atoms with Crippen molar-refractivity contribution in [1.82, 2.24) is 10.6 Å². The van der Waals surface area contributed by atoms with Gasteiger partial charge < -0.3 is 20.5 Å². The van der Waals surface area contributed by atoms with Crippen LogP contribution in [0.5, 0.6) is 0 Å². The number of carbonyl (C=O) groups is 1. The minimum Gasteiger partial charge on any atom is -0.389 e. The third-order valence-electron chi connectivity index (χ3n) is 7.02. The van der Waals surface area contributed by atoms with Crippen LogP contribution in [0.15, 0.2) is 91.0 Å². The van der Waals surface area contributed by atoms with Gasteiger partial charge in [-0.05, 0) is 65.8 Å². The molecule has 0 bridgehead atoms. The van der Waals surface area contributed by atoms with Crippen LogP contribution in [-0.4, -0.2) is 35.8 Å². The second-order valence-electron chi connectivity index (χ2n) is 10.9. The van der Waals surface area contributed by atoms with Crippen LogP contribution in [0, 0.1) is 0 Å². The Balaban J connectivity index is 1.30. The Labute approximate surface area is 232 Å². The average molecular weight is 525 g/mol. The van der Waals surface area contributed by atoms with Crippen LogP contribution in [0.25, 0.3) is 21.9 Å². The van der Waals surface area contributed by atoms with E-state index in [0.717, 1.165) is 28.7 Å². The monoisotopic (exact) mass is 524 g/mol. The summed E-state index contributed by atoms with van der Waals surface area (Å²) in [5, 5.41) is 19.5. The van der Waals surface area contributed by atoms with Gasteiger partial charge in [-0.2, -0.15) is 0 Å². The van der Waals surface area contributed by atoms with Crippen LogP contribution < -0.4 is 10.6 Å². The van der Waals surface area contributed by atoms with Crippen molar-refractivity contribution in [3.05, 3.63) is 108 Å². The molecule has 5 nitrogen and oxygen atoms in total. The minimum atomic E-state index is -0.622. The van der Waals surface area contributed by atoms with Crippen molar-refractivity contribution in [2.24, 2.45) is 0 Å². The van der Waals surface area contributed by atoms with Gasteiger partial charge >= 0.3 is 0 Å². The largest absolute Gasteiger partial charge is 0.389 e. The smallest absolute Gasteiger partial charge is 0.217 e. The zero-order valence-corrected chi connectivity index (χ0v) is 23.4. The first-order chi connectivity index (χ1) is 18.7. The Kier molecular flexibility index (Phi) is 9.52. The molecule has 4 aromatic rings. The fourth-order valence-electron chi connectivity index (χ4n) is 4.86. The molecule has 0 aliphatic heterocycles. The average Bonchev–Trinajstić information content (AvgIpc) is 2.93. The zero-order chi connectivity index (χ0) is 27.8. The third kappa shape index (κ3) is 8.24. The molecule has 2 atom stereocenters. The molecule has 0 saturated heterocycles. The lowest BCUT2D eigenvalue weighted by molar-refractivity contribution is -0.119. The fourth-order valence-corrected chi connectivity index (χ4v) is 4.86. The van der Waals surface area contributed by atoms with Gasteiger partial charge in [0.05, 0.1) is 18.8 Å². The van der Waals surface area contributed by atoms with Crippen molar-refractivity contribution < 1.29 is 14.6 Å². The van der Waals surface area contributed by atoms with Crippen LogP contribution in [-0.2, 0) is 22.5 Å². The molecule has 4 rings (SSSR count). The highest BCUT2D eigenvalue weighted by Gasteiger charge is 2.20. The molecular formula is C34H40N2O3. The molecule has 0 fully saturated rings. The summed E-state index contributed by atoms with van der Waals surface area (Å²) in [6.45, 7) is 9.07. The van der Waals surface area contributed by atoms with Crippen molar-refractivity contribution in [1.29, 1.82) is 0 Å². The second-order valence-corrected chi connectivity index (χ2v) is 10.9. The highest BCUT2D eigenvalue weighted by Crippen LogP contribution is 2.30. The van der Waals surface area contributed by atoms with E-state index in [-0.39, 0.29) is 24.2 Å². The van der Waals surface area contributed by atoms with Crippen LogP contribution >= 0.6 is 0 Å². The molecule has 5 heteroatoms. The SMILES string of the molecule is CC(=O)NCc1ccc(-c2ccccc2C(C)OCC(O)CNC(C)(C)Cc2ccc3ccccc3c2)cc1. The first-order valence-electron chi connectivity index (χ1n) is 13.7. The molecule has 0 heterocycles. The van der Waals surface area contributed by atoms with E-state index < -0.39 is 6.10 Å². The summed E-state index contributed by atoms with van der Waals surface area (Å²) in [5.74, 6) is -0.0405. The number of nitrogens with one attached hydrogen (secondary N) is 2. The molecular weight excluding hydrogens is 484 g/mol. The zero-order valence-electron chi connectivity index (χ0n) is 23.4. The van der Waals surface area contributed by atoms with E-state index in [2.05, 4.69) is 91.2 Å². The molecule has 0 spiro atoms. The lowest BCUT2D eigenvalue weighted by Crippen LogP contribution is -2.46. The molecule has 39 heavy (non-hydrogen) atoms. The van der Waals surface area contributed by atoms with E-state index in [1.54, 1.807) is 0 Å². The molecule has 0 aliphatic rings. The van der Waals surface area contributed by atoms with Crippen LogP contribution in [0.4, 0.5) is 0 Å². The summed E-state index contributed by atoms with van der Waals surface area (Å²) in [4.78, 5) is 11.2. The predicted molar refractivity (Wildman–Crippen MR) is 160 cm³/mol. The van der Waals surface area contributed by atoms with Crippen molar-refractivity contribution in [2.75, 3.05) is 13.2 Å². The van der Waals surface area contributed by atoms with Crippen molar-refractivity contribution in [3.63, 3.8) is 0 Å². The second kappa shape index (κ2) is 13.0. The van der Waals surface area contributed by atoms with Gasteiger partial charge in [0.25, 0.3) is 0 Å². The Morgan fingerprint density at radius 1 is 0.897 bits per heavy atom. The molecule has 2 unspecified atom stereocenters. The first-order valence-corrected chi connectivity index (χ1v) is 13.7. The topological polar surface area (TPSA) is 70.6 Å². The quantitative estimate of drug-likeness (QED) is 0.207. The number of aliphatic hydroxyl groups excluding tert-OH is 1. The van der Waals surface area contributed by atoms with E-state index in [1.807, 2.05) is 31.2 Å². The van der Waals surface area contributed by atoms with Gasteiger partial charge in [-0.15, -0.1) is 0 Å². The number of β-amino-alcohol motifs (C(OH)–C–C–N with tert-alkyl or cyclic N) is 1. The fraction of sp³-hybridized carbons (Fsp3) is 0.324. The Morgan fingerprint density at radius 2 is 1.56 bits per heavy atom. The van der Waals surface area contributed by atoms with Gasteiger partial charge in [-0.25, -0.2) is 0 Å². The van der Waals surface area contributed by atoms with Crippen molar-refractivity contribution in [2.45, 2.75) is 58.4 Å². The van der Waals surface area contributed by atoms with E-state index in [4.69, 9.17) is 4.74 Å². The molecule has 3 N–H and O–H groups in total. The van der Waals surface area contributed by atoms with Gasteiger partial charge in [0.2, 0.25) is 5.91 Å². The van der Waals surface area contributed by atoms with Crippen LogP contribution in [0.2, 0.25) is 0 Å². The van der Waals surface area contributed by atoms with Gasteiger partial charge in [-0.1, -0.05) is 91.0 Å². The normalized spacial score (nSPS) is 13.3. The number of amides is 1. The Bertz CT molecular complexity index is 1380. The maximum atomic E-state index is 11.2. The van der Waals surface area contributed by atoms with Gasteiger partial charge in [0.15, 0.2) is 0 Å². The summed E-state index contributed by atoms with van der Waals surface area (Å²) >= 11 is 0. The summed E-state index contributed by atoms with van der Waals surface area (Å²) in [6, 6.07) is 31.4. The first kappa shape index (κ1) is 28.5. The number of hydrogen-bond acceptors (Lipinski definition) is 4. The molecule has 1 amide bonds. The Morgan fingerprint density at radius 3 is 2.31 bits per heavy atom. The summed E-state index contributed by atoms with van der Waals surface area (Å²) in [6.07, 6.45) is 0.0581. The standard InChI is InChI=1S/C34H40N2O3/c1-24(32-11-7-8-12-33(32)29-17-13-26(14-18-29)21-35-25(2)37)39-23-31(38)22-36-34(3,4)20-27-15-16-28-9-5-6-10-30(28)19-27/h5-19,24,31,36,38H,20-23H2,1-4H3,(H,35,37). The number of hydrogen-bond donors (Lipinski definition) is 3. The number of benzene rings is 4. The Hall–Kier alpha value is -3.51. The molecule has 0 aromatic heterocycles. The maximum absolute atomic E-state index is 11.2. The van der Waals surface area contributed by atoms with E-state index in [0.29, 0.717) is 13.1 Å². The molecule has 0 radical (unpaired) electrons. The number of fused-ring (bicyclic) bond motifs is 1. The minimum absolute atomic E-state index is 0.0405.